The second kappa shape index (κ2) is 25.8. The van der Waals surface area contributed by atoms with E-state index in [-0.39, 0.29) is 107 Å². The standard InChI is InChI=1S/C30H20F5N3O7S.C23H14BrF4N3O5.C13H18BFO4S/c1-14-36-26(16-5-7-23-24(11-16)45-30(34,35)44-23)27(43-14)21-10-15(17-8-18(31)12-19(9-17)46(3,41)42)4-6-20(21)22-13-25(37-38(22)2)29(32,33)28(39)40;1-10-29-19(11-3-6-16-17(7-11)36-23(27,28)35-16)20(34-10)14-8-12(24)4-5-13(14)15-9-18(30-31(15)2)22(25,26)21(32)33;1-12(2)13(3,4)19-14(18-12)9-6-10(15)8-11(7-9)20(5,16)17/h4-13H,1-3H3,(H,39,40);3-9H,1-2H3,(H,32,33);6-8H,1-5H3. The molecule has 3 aliphatic rings. The van der Waals surface area contributed by atoms with Gasteiger partial charge in [0.05, 0.1) is 32.4 Å². The van der Waals surface area contributed by atoms with E-state index >= 15 is 0 Å². The van der Waals surface area contributed by atoms with Crippen LogP contribution in [0.15, 0.2) is 144 Å². The average molecular weight is 1530 g/mol. The minimum atomic E-state index is -4.33. The number of nitrogens with zero attached hydrogens (tertiary/aromatic N) is 6. The van der Waals surface area contributed by atoms with Crippen molar-refractivity contribution in [2.45, 2.75) is 87.0 Å². The summed E-state index contributed by atoms with van der Waals surface area (Å²) < 4.78 is 232. The number of benzene rings is 6. The van der Waals surface area contributed by atoms with Crippen LogP contribution < -0.4 is 24.4 Å². The highest BCUT2D eigenvalue weighted by Crippen LogP contribution is 2.49. The molecule has 0 bridgehead atoms. The molecular weight excluding hydrogens is 1480 g/mol. The number of aromatic nitrogens is 6. The first kappa shape index (κ1) is 73.2. The van der Waals surface area contributed by atoms with E-state index in [4.69, 9.17) is 28.4 Å². The molecule has 36 heteroatoms. The van der Waals surface area contributed by atoms with Crippen molar-refractivity contribution >= 4 is 60.1 Å². The predicted molar refractivity (Wildman–Crippen MR) is 346 cm³/mol. The average Bonchev–Trinajstić information content (AvgIpc) is 1.58. The van der Waals surface area contributed by atoms with E-state index in [1.807, 2.05) is 27.7 Å². The van der Waals surface area contributed by atoms with Gasteiger partial charge in [-0.25, -0.2) is 45.2 Å². The number of hydrogen-bond acceptors (Lipinski definition) is 18. The first-order chi connectivity index (χ1) is 47.2. The summed E-state index contributed by atoms with van der Waals surface area (Å²) >= 11 is 3.38. The Morgan fingerprint density at radius 2 is 0.912 bits per heavy atom. The molecule has 0 radical (unpaired) electrons. The summed E-state index contributed by atoms with van der Waals surface area (Å²) in [5, 5.41) is 25.4. The minimum absolute atomic E-state index is 0.00691. The number of rotatable bonds is 14. The first-order valence-electron chi connectivity index (χ1n) is 29.6. The van der Waals surface area contributed by atoms with Crippen LogP contribution in [0.3, 0.4) is 0 Å². The Morgan fingerprint density at radius 1 is 0.510 bits per heavy atom. The van der Waals surface area contributed by atoms with Crippen LogP contribution in [0.2, 0.25) is 0 Å². The van der Waals surface area contributed by atoms with Crippen molar-refractivity contribution in [3.05, 3.63) is 161 Å². The van der Waals surface area contributed by atoms with E-state index in [1.165, 1.54) is 93.8 Å². The number of aliphatic carboxylic acids is 2. The van der Waals surface area contributed by atoms with E-state index in [1.54, 1.807) is 25.1 Å². The van der Waals surface area contributed by atoms with Gasteiger partial charge >= 0.3 is 43.5 Å². The van der Waals surface area contributed by atoms with E-state index in [9.17, 15) is 70.3 Å². The molecule has 0 unspecified atom stereocenters. The third-order valence-electron chi connectivity index (χ3n) is 16.3. The molecule has 0 atom stereocenters. The summed E-state index contributed by atoms with van der Waals surface area (Å²) in [4.78, 5) is 30.7. The van der Waals surface area contributed by atoms with E-state index in [2.05, 4.69) is 55.0 Å². The molecule has 0 saturated carbocycles. The van der Waals surface area contributed by atoms with Crippen molar-refractivity contribution in [1.82, 2.24) is 29.5 Å². The number of hydrogen-bond donors (Lipinski definition) is 2. The third kappa shape index (κ3) is 14.6. The Bertz CT molecular complexity index is 5300. The molecule has 1 fully saturated rings. The number of ether oxygens (including phenoxy) is 4. The van der Waals surface area contributed by atoms with Crippen molar-refractivity contribution in [1.29, 1.82) is 0 Å². The highest BCUT2D eigenvalue weighted by Gasteiger charge is 2.52. The van der Waals surface area contributed by atoms with Crippen LogP contribution >= 0.6 is 15.9 Å². The summed E-state index contributed by atoms with van der Waals surface area (Å²) in [6.07, 6.45) is -5.74. The molecule has 13 rings (SSSR count). The van der Waals surface area contributed by atoms with Crippen LogP contribution in [0, 0.1) is 25.5 Å². The number of halogens is 11. The van der Waals surface area contributed by atoms with Crippen molar-refractivity contribution in [3.63, 3.8) is 0 Å². The quantitative estimate of drug-likeness (QED) is 0.0755. The molecule has 0 amide bonds. The number of carboxylic acid groups (broad SMARTS) is 2. The van der Waals surface area contributed by atoms with Crippen LogP contribution in [0.25, 0.3) is 78.8 Å². The fraction of sp³-hybridized carbons (Fsp3) is 0.242. The topological polar surface area (TPSA) is 286 Å². The maximum Gasteiger partial charge on any atom is 0.586 e. The SMILES string of the molecule is CC1(C)OB(c2cc(F)cc(S(C)(=O)=O)c2)OC1(C)C.Cc1nc(-c2ccc3c(c2)OC(F)(F)O3)c(-c2cc(-c3cc(F)cc(S(C)(=O)=O)c3)ccc2-c2cc(C(F)(F)C(=O)O)nn2C)o1.Cc1nc(-c2ccc3c(c2)OC(F)(F)O3)c(-c2cc(Br)ccc2-c2cc(C(F)(F)C(=O)O)nn2C)o1. The number of oxazole rings is 2. The summed E-state index contributed by atoms with van der Waals surface area (Å²) in [5.74, 6) is -15.0. The van der Waals surface area contributed by atoms with Crippen LogP contribution in [0.4, 0.5) is 43.9 Å². The summed E-state index contributed by atoms with van der Waals surface area (Å²) in [7, 11) is -5.38. The summed E-state index contributed by atoms with van der Waals surface area (Å²) in [6, 6.07) is 26.0. The fourth-order valence-corrected chi connectivity index (χ4v) is 12.4. The molecule has 7 heterocycles. The van der Waals surface area contributed by atoms with Gasteiger partial charge in [0.15, 0.2) is 66.0 Å². The molecule has 534 valence electrons. The van der Waals surface area contributed by atoms with Crippen LogP contribution in [0.5, 0.6) is 23.0 Å². The van der Waals surface area contributed by atoms with Gasteiger partial charge in [-0.05, 0) is 147 Å². The van der Waals surface area contributed by atoms with Gasteiger partial charge in [0, 0.05) is 78.3 Å². The van der Waals surface area contributed by atoms with Crippen molar-refractivity contribution in [2.24, 2.45) is 14.1 Å². The van der Waals surface area contributed by atoms with Crippen molar-refractivity contribution in [3.8, 4) is 102 Å². The minimum Gasteiger partial charge on any atom is -0.476 e. The zero-order chi connectivity index (χ0) is 74.7. The zero-order valence-electron chi connectivity index (χ0n) is 54.4. The molecule has 22 nitrogen and oxygen atoms in total. The Balaban J connectivity index is 0.000000165. The number of alkyl halides is 8. The smallest absolute Gasteiger partial charge is 0.476 e. The molecule has 0 spiro atoms. The van der Waals surface area contributed by atoms with Gasteiger partial charge in [-0.1, -0.05) is 34.1 Å². The van der Waals surface area contributed by atoms with Crippen molar-refractivity contribution < 1.29 is 118 Å². The lowest BCUT2D eigenvalue weighted by atomic mass is 9.79. The summed E-state index contributed by atoms with van der Waals surface area (Å²) in [5.41, 5.74) is -0.0663. The van der Waals surface area contributed by atoms with E-state index < -0.39 is 97.4 Å². The number of carbonyl (C=O) groups is 2. The number of aryl methyl sites for hydroxylation is 4. The molecule has 0 aliphatic carbocycles. The lowest BCUT2D eigenvalue weighted by Gasteiger charge is -2.32. The van der Waals surface area contributed by atoms with Crippen LogP contribution in [-0.4, -0.2) is 112 Å². The van der Waals surface area contributed by atoms with Gasteiger partial charge in [0.1, 0.15) is 34.4 Å². The Labute approximate surface area is 580 Å². The zero-order valence-corrected chi connectivity index (χ0v) is 57.6. The van der Waals surface area contributed by atoms with Gasteiger partial charge < -0.3 is 47.3 Å². The highest BCUT2D eigenvalue weighted by molar-refractivity contribution is 9.10. The number of fused-ring (bicyclic) bond motifs is 2. The maximum absolute atomic E-state index is 14.6. The normalized spacial score (nSPS) is 15.6. The van der Waals surface area contributed by atoms with Gasteiger partial charge in [-0.3, -0.25) is 9.36 Å². The first-order valence-corrected chi connectivity index (χ1v) is 34.2. The highest BCUT2D eigenvalue weighted by atomic mass is 79.9. The van der Waals surface area contributed by atoms with Crippen LogP contribution in [-0.2, 0) is 64.5 Å². The lowest BCUT2D eigenvalue weighted by Crippen LogP contribution is -2.41. The van der Waals surface area contributed by atoms with Crippen molar-refractivity contribution in [2.75, 3.05) is 12.5 Å². The molecule has 3 aliphatic heterocycles. The molecule has 6 aromatic carbocycles. The summed E-state index contributed by atoms with van der Waals surface area (Å²) in [6.45, 7) is 10.6. The maximum atomic E-state index is 14.6. The Morgan fingerprint density at radius 3 is 1.35 bits per heavy atom. The molecule has 10 aromatic rings. The van der Waals surface area contributed by atoms with Gasteiger partial charge in [-0.15, -0.1) is 17.6 Å². The van der Waals surface area contributed by atoms with E-state index in [0.717, 1.165) is 52.2 Å². The van der Waals surface area contributed by atoms with Gasteiger partial charge in [-0.2, -0.15) is 27.8 Å². The molecule has 2 N–H and O–H groups in total. The molecule has 102 heavy (non-hydrogen) atoms. The van der Waals surface area contributed by atoms with E-state index in [0.29, 0.717) is 26.6 Å². The number of carboxylic acids is 2. The Hall–Kier alpha value is -10.0. The predicted octanol–water partition coefficient (Wildman–Crippen LogP) is 13.9. The molecule has 4 aromatic heterocycles. The lowest BCUT2D eigenvalue weighted by molar-refractivity contribution is -0.287. The second-order valence-electron chi connectivity index (χ2n) is 24.3. The van der Waals surface area contributed by atoms with Gasteiger partial charge in [0.25, 0.3) is 0 Å². The second-order valence-corrected chi connectivity index (χ2v) is 29.2. The fourth-order valence-electron chi connectivity index (χ4n) is 10.7. The molecular formula is C66H52BBrF10N6O16S2. The van der Waals surface area contributed by atoms with Crippen LogP contribution in [0.1, 0.15) is 50.9 Å². The van der Waals surface area contributed by atoms with Gasteiger partial charge in [0.2, 0.25) is 0 Å². The third-order valence-corrected chi connectivity index (χ3v) is 19.0. The largest absolute Gasteiger partial charge is 0.586 e. The molecule has 1 saturated heterocycles. The Kier molecular flexibility index (Phi) is 18.5. The monoisotopic (exact) mass is 1530 g/mol. The number of sulfone groups is 2.